The van der Waals surface area contributed by atoms with Crippen LogP contribution in [0.3, 0.4) is 0 Å². The van der Waals surface area contributed by atoms with Gasteiger partial charge in [0.1, 0.15) is 0 Å². The average Bonchev–Trinajstić information content (AvgIpc) is 3.22. The third-order valence-corrected chi connectivity index (χ3v) is 4.96. The summed E-state index contributed by atoms with van der Waals surface area (Å²) < 4.78 is 0. The number of aryl methyl sites for hydroxylation is 2. The molecule has 1 amide bonds. The quantitative estimate of drug-likeness (QED) is 0.726. The van der Waals surface area contributed by atoms with Gasteiger partial charge in [-0.3, -0.25) is 4.79 Å². The fourth-order valence-corrected chi connectivity index (χ4v) is 3.64. The Bertz CT molecular complexity index is 971. The lowest BCUT2D eigenvalue weighted by Gasteiger charge is -2.14. The molecule has 4 rings (SSSR count). The van der Waals surface area contributed by atoms with E-state index in [9.17, 15) is 4.79 Å². The van der Waals surface area contributed by atoms with E-state index in [1.165, 1.54) is 12.8 Å². The zero-order valence-electron chi connectivity index (χ0n) is 16.3. The molecule has 0 aliphatic carbocycles. The number of nitrogens with one attached hydrogen (secondary N) is 1. The maximum Gasteiger partial charge on any atom is 0.255 e. The van der Waals surface area contributed by atoms with Crippen LogP contribution in [0.1, 0.15) is 34.3 Å². The van der Waals surface area contributed by atoms with Gasteiger partial charge in [-0.25, -0.2) is 9.97 Å². The second kappa shape index (κ2) is 7.80. The number of amides is 1. The van der Waals surface area contributed by atoms with Crippen molar-refractivity contribution in [3.05, 3.63) is 71.5 Å². The summed E-state index contributed by atoms with van der Waals surface area (Å²) >= 11 is 0. The van der Waals surface area contributed by atoms with Crippen molar-refractivity contribution in [1.29, 1.82) is 0 Å². The SMILES string of the molecule is Cc1cc(C)cc(NC(=O)c2cccc(-c3cnc(N4CCCC4)nc3)c2)c1. The highest BCUT2D eigenvalue weighted by Gasteiger charge is 2.15. The van der Waals surface area contributed by atoms with E-state index in [2.05, 4.69) is 26.3 Å². The van der Waals surface area contributed by atoms with Gasteiger partial charge in [-0.05, 0) is 67.6 Å². The largest absolute Gasteiger partial charge is 0.341 e. The second-order valence-corrected chi connectivity index (χ2v) is 7.38. The molecule has 0 bridgehead atoms. The van der Waals surface area contributed by atoms with Gasteiger partial charge in [-0.2, -0.15) is 0 Å². The molecule has 0 radical (unpaired) electrons. The van der Waals surface area contributed by atoms with E-state index in [4.69, 9.17) is 0 Å². The summed E-state index contributed by atoms with van der Waals surface area (Å²) in [5, 5.41) is 2.99. The summed E-state index contributed by atoms with van der Waals surface area (Å²) in [6, 6.07) is 13.6. The third-order valence-electron chi connectivity index (χ3n) is 4.96. The van der Waals surface area contributed by atoms with Gasteiger partial charge in [0, 0.05) is 42.3 Å². The minimum Gasteiger partial charge on any atom is -0.341 e. The number of benzene rings is 2. The molecule has 1 aliphatic rings. The van der Waals surface area contributed by atoms with E-state index in [-0.39, 0.29) is 5.91 Å². The molecular weight excluding hydrogens is 348 g/mol. The van der Waals surface area contributed by atoms with Crippen LogP contribution in [0.5, 0.6) is 0 Å². The van der Waals surface area contributed by atoms with Crippen molar-refractivity contribution in [2.75, 3.05) is 23.3 Å². The van der Waals surface area contributed by atoms with Crippen molar-refractivity contribution in [3.8, 4) is 11.1 Å². The minimum atomic E-state index is -0.124. The zero-order valence-corrected chi connectivity index (χ0v) is 16.3. The Morgan fingerprint density at radius 1 is 0.929 bits per heavy atom. The summed E-state index contributed by atoms with van der Waals surface area (Å²) in [6.07, 6.45) is 6.06. The van der Waals surface area contributed by atoms with Crippen LogP contribution in [-0.2, 0) is 0 Å². The van der Waals surface area contributed by atoms with Crippen LogP contribution in [0.4, 0.5) is 11.6 Å². The lowest BCUT2D eigenvalue weighted by atomic mass is 10.1. The van der Waals surface area contributed by atoms with Gasteiger partial charge in [0.25, 0.3) is 5.91 Å². The highest BCUT2D eigenvalue weighted by atomic mass is 16.1. The highest BCUT2D eigenvalue weighted by molar-refractivity contribution is 6.05. The molecule has 1 aliphatic heterocycles. The standard InChI is InChI=1S/C23H24N4O/c1-16-10-17(2)12-21(11-16)26-22(28)19-7-5-6-18(13-19)20-14-24-23(25-15-20)27-8-3-4-9-27/h5-7,10-15H,3-4,8-9H2,1-2H3,(H,26,28). The summed E-state index contributed by atoms with van der Waals surface area (Å²) in [6.45, 7) is 6.09. The number of hydrogen-bond donors (Lipinski definition) is 1. The summed E-state index contributed by atoms with van der Waals surface area (Å²) in [7, 11) is 0. The Balaban J connectivity index is 1.52. The Morgan fingerprint density at radius 3 is 2.29 bits per heavy atom. The topological polar surface area (TPSA) is 58.1 Å². The zero-order chi connectivity index (χ0) is 19.5. The predicted molar refractivity (Wildman–Crippen MR) is 113 cm³/mol. The molecule has 1 saturated heterocycles. The molecule has 1 aromatic heterocycles. The van der Waals surface area contributed by atoms with E-state index in [1.54, 1.807) is 0 Å². The van der Waals surface area contributed by atoms with Crippen molar-refractivity contribution in [2.45, 2.75) is 26.7 Å². The van der Waals surface area contributed by atoms with Crippen LogP contribution in [-0.4, -0.2) is 29.0 Å². The Morgan fingerprint density at radius 2 is 1.61 bits per heavy atom. The first-order valence-corrected chi connectivity index (χ1v) is 9.65. The van der Waals surface area contributed by atoms with Gasteiger partial charge >= 0.3 is 0 Å². The number of rotatable bonds is 4. The molecule has 2 aromatic carbocycles. The molecule has 0 unspecified atom stereocenters. The van der Waals surface area contributed by atoms with Crippen LogP contribution < -0.4 is 10.2 Å². The monoisotopic (exact) mass is 372 g/mol. The van der Waals surface area contributed by atoms with E-state index >= 15 is 0 Å². The molecule has 2 heterocycles. The number of hydrogen-bond acceptors (Lipinski definition) is 4. The first-order valence-electron chi connectivity index (χ1n) is 9.65. The molecule has 0 atom stereocenters. The van der Waals surface area contributed by atoms with Crippen LogP contribution in [0, 0.1) is 13.8 Å². The van der Waals surface area contributed by atoms with E-state index in [1.807, 2.05) is 62.6 Å². The number of carbonyl (C=O) groups excluding carboxylic acids is 1. The average molecular weight is 372 g/mol. The van der Waals surface area contributed by atoms with Gasteiger partial charge < -0.3 is 10.2 Å². The first kappa shape index (κ1) is 18.2. The lowest BCUT2D eigenvalue weighted by Crippen LogP contribution is -2.20. The smallest absolute Gasteiger partial charge is 0.255 e. The summed E-state index contributed by atoms with van der Waals surface area (Å²) in [4.78, 5) is 23.9. The molecule has 28 heavy (non-hydrogen) atoms. The molecular formula is C23H24N4O. The summed E-state index contributed by atoms with van der Waals surface area (Å²) in [5.41, 5.74) is 5.51. The number of anilines is 2. The lowest BCUT2D eigenvalue weighted by molar-refractivity contribution is 0.102. The molecule has 5 nitrogen and oxygen atoms in total. The predicted octanol–water partition coefficient (Wildman–Crippen LogP) is 4.61. The van der Waals surface area contributed by atoms with Crippen LogP contribution in [0.25, 0.3) is 11.1 Å². The van der Waals surface area contributed by atoms with Gasteiger partial charge in [0.15, 0.2) is 0 Å². The Labute approximate surface area is 165 Å². The molecule has 1 N–H and O–H groups in total. The van der Waals surface area contributed by atoms with Crippen molar-refractivity contribution in [3.63, 3.8) is 0 Å². The normalized spacial score (nSPS) is 13.6. The molecule has 0 spiro atoms. The first-order chi connectivity index (χ1) is 13.6. The maximum atomic E-state index is 12.7. The van der Waals surface area contributed by atoms with Crippen LogP contribution in [0.2, 0.25) is 0 Å². The van der Waals surface area contributed by atoms with Gasteiger partial charge in [0.2, 0.25) is 5.95 Å². The van der Waals surface area contributed by atoms with E-state index < -0.39 is 0 Å². The molecule has 142 valence electrons. The van der Waals surface area contributed by atoms with Crippen LogP contribution >= 0.6 is 0 Å². The molecule has 5 heteroatoms. The third kappa shape index (κ3) is 4.03. The fraction of sp³-hybridized carbons (Fsp3) is 0.261. The second-order valence-electron chi connectivity index (χ2n) is 7.38. The number of carbonyl (C=O) groups is 1. The molecule has 1 fully saturated rings. The van der Waals surface area contributed by atoms with E-state index in [0.717, 1.165) is 47.0 Å². The maximum absolute atomic E-state index is 12.7. The van der Waals surface area contributed by atoms with Gasteiger partial charge in [-0.1, -0.05) is 18.2 Å². The van der Waals surface area contributed by atoms with Gasteiger partial charge in [-0.15, -0.1) is 0 Å². The minimum absolute atomic E-state index is 0.124. The highest BCUT2D eigenvalue weighted by Crippen LogP contribution is 2.22. The van der Waals surface area contributed by atoms with E-state index in [0.29, 0.717) is 5.56 Å². The number of nitrogens with zero attached hydrogens (tertiary/aromatic N) is 3. The Kier molecular flexibility index (Phi) is 5.06. The number of aromatic nitrogens is 2. The molecule has 0 saturated carbocycles. The Hall–Kier alpha value is -3.21. The van der Waals surface area contributed by atoms with Crippen LogP contribution in [0.15, 0.2) is 54.9 Å². The molecule has 3 aromatic rings. The van der Waals surface area contributed by atoms with Gasteiger partial charge in [0.05, 0.1) is 0 Å². The van der Waals surface area contributed by atoms with Crippen molar-refractivity contribution in [1.82, 2.24) is 9.97 Å². The summed E-state index contributed by atoms with van der Waals surface area (Å²) in [5.74, 6) is 0.659. The van der Waals surface area contributed by atoms with Crippen molar-refractivity contribution < 1.29 is 4.79 Å². The van der Waals surface area contributed by atoms with Crippen molar-refractivity contribution in [2.24, 2.45) is 0 Å². The fourth-order valence-electron chi connectivity index (χ4n) is 3.64. The van der Waals surface area contributed by atoms with Crippen molar-refractivity contribution >= 4 is 17.5 Å².